The molecule has 0 bridgehead atoms. The lowest BCUT2D eigenvalue weighted by Gasteiger charge is -2.15. The Kier molecular flexibility index (Phi) is 4.98. The van der Waals surface area contributed by atoms with E-state index in [4.69, 9.17) is 0 Å². The third-order valence-electron chi connectivity index (χ3n) is 5.31. The van der Waals surface area contributed by atoms with Crippen LogP contribution < -0.4 is 4.72 Å². The van der Waals surface area contributed by atoms with Gasteiger partial charge in [0, 0.05) is 12.0 Å². The Hall–Kier alpha value is -2.70. The van der Waals surface area contributed by atoms with Crippen molar-refractivity contribution >= 4 is 27.3 Å². The highest BCUT2D eigenvalue weighted by molar-refractivity contribution is 7.91. The predicted octanol–water partition coefficient (Wildman–Crippen LogP) is 3.96. The standard InChI is InChI=1S/C19H15F3N2O5S2/c1-10-16(11-5-3-2-4-6-11)18(10,17(25)26)24-31(27,28)15-8-7-13(30-15)12-9-14(23-29-12)19(20,21)22/h2-10,16,24H,1H3,(H,25,26)/t10?,16-,18+/m1/s1. The zero-order valence-corrected chi connectivity index (χ0v) is 17.4. The molecule has 2 aromatic heterocycles. The summed E-state index contributed by atoms with van der Waals surface area (Å²) in [4.78, 5) is 12.2. The minimum atomic E-state index is -4.70. The third-order valence-corrected chi connectivity index (χ3v) is 8.38. The van der Waals surface area contributed by atoms with Gasteiger partial charge in [0.05, 0.1) is 4.88 Å². The minimum Gasteiger partial charge on any atom is -0.480 e. The summed E-state index contributed by atoms with van der Waals surface area (Å²) in [5.41, 5.74) is -2.27. The summed E-state index contributed by atoms with van der Waals surface area (Å²) < 4.78 is 70.7. The molecule has 1 aromatic carbocycles. The van der Waals surface area contributed by atoms with Crippen molar-refractivity contribution in [3.05, 3.63) is 59.8 Å². The molecule has 12 heteroatoms. The lowest BCUT2D eigenvalue weighted by atomic mass is 10.1. The first-order valence-electron chi connectivity index (χ1n) is 8.93. The van der Waals surface area contributed by atoms with Crippen molar-refractivity contribution in [1.29, 1.82) is 0 Å². The number of carbonyl (C=O) groups is 1. The number of nitrogens with one attached hydrogen (secondary N) is 1. The fourth-order valence-electron chi connectivity index (χ4n) is 3.70. The number of thiophene rings is 1. The maximum Gasteiger partial charge on any atom is 0.436 e. The highest BCUT2D eigenvalue weighted by atomic mass is 32.2. The van der Waals surface area contributed by atoms with Gasteiger partial charge in [-0.2, -0.15) is 17.9 Å². The summed E-state index contributed by atoms with van der Waals surface area (Å²) in [6, 6.07) is 11.8. The molecule has 4 rings (SSSR count). The SMILES string of the molecule is CC1[C@H](c2ccccc2)[C@]1(NS(=O)(=O)c1ccc(-c2cc(C(F)(F)F)no2)s1)C(=O)O. The van der Waals surface area contributed by atoms with Gasteiger partial charge in [-0.1, -0.05) is 42.4 Å². The van der Waals surface area contributed by atoms with E-state index in [1.807, 2.05) is 0 Å². The van der Waals surface area contributed by atoms with Crippen LogP contribution in [-0.4, -0.2) is 30.2 Å². The van der Waals surface area contributed by atoms with Gasteiger partial charge < -0.3 is 9.63 Å². The van der Waals surface area contributed by atoms with Crippen molar-refractivity contribution in [1.82, 2.24) is 9.88 Å². The fourth-order valence-corrected chi connectivity index (χ4v) is 6.41. The summed E-state index contributed by atoms with van der Waals surface area (Å²) in [7, 11) is -4.28. The lowest BCUT2D eigenvalue weighted by molar-refractivity contribution is -0.143. The summed E-state index contributed by atoms with van der Waals surface area (Å²) in [5, 5.41) is 12.8. The number of carboxylic acids is 1. The molecule has 1 saturated carbocycles. The summed E-state index contributed by atoms with van der Waals surface area (Å²) in [5.74, 6) is -2.62. The number of hydrogen-bond donors (Lipinski definition) is 2. The van der Waals surface area contributed by atoms with Crippen LogP contribution in [0.25, 0.3) is 10.6 Å². The number of aliphatic carboxylic acids is 1. The van der Waals surface area contributed by atoms with Crippen molar-refractivity contribution in [2.75, 3.05) is 0 Å². The van der Waals surface area contributed by atoms with E-state index in [-0.39, 0.29) is 14.8 Å². The maximum atomic E-state index is 12.9. The van der Waals surface area contributed by atoms with E-state index in [1.165, 1.54) is 12.1 Å². The predicted molar refractivity (Wildman–Crippen MR) is 104 cm³/mol. The Labute approximate surface area is 178 Å². The molecule has 0 saturated heterocycles. The van der Waals surface area contributed by atoms with Crippen LogP contribution in [-0.2, 0) is 21.0 Å². The van der Waals surface area contributed by atoms with E-state index in [2.05, 4.69) is 14.4 Å². The topological polar surface area (TPSA) is 110 Å². The first-order chi connectivity index (χ1) is 14.5. The number of rotatable bonds is 6. The zero-order chi connectivity index (χ0) is 22.6. The van der Waals surface area contributed by atoms with Gasteiger partial charge in [0.15, 0.2) is 11.5 Å². The Bertz CT molecular complexity index is 1240. The van der Waals surface area contributed by atoms with Crippen LogP contribution in [0.15, 0.2) is 57.3 Å². The van der Waals surface area contributed by atoms with E-state index in [0.717, 1.165) is 0 Å². The molecule has 0 amide bonds. The van der Waals surface area contributed by atoms with Crippen molar-refractivity contribution in [2.45, 2.75) is 28.8 Å². The molecule has 7 nitrogen and oxygen atoms in total. The van der Waals surface area contributed by atoms with Crippen molar-refractivity contribution in [2.24, 2.45) is 5.92 Å². The number of hydrogen-bond acceptors (Lipinski definition) is 6. The van der Waals surface area contributed by atoms with E-state index < -0.39 is 45.2 Å². The average Bonchev–Trinajstić information content (AvgIpc) is 3.13. The van der Waals surface area contributed by atoms with Gasteiger partial charge >= 0.3 is 12.1 Å². The molecule has 31 heavy (non-hydrogen) atoms. The maximum absolute atomic E-state index is 12.9. The third kappa shape index (κ3) is 3.64. The first kappa shape index (κ1) is 21.5. The second-order valence-corrected chi connectivity index (χ2v) is 10.1. The number of benzene rings is 1. The van der Waals surface area contributed by atoms with Crippen LogP contribution in [0.1, 0.15) is 24.1 Å². The Morgan fingerprint density at radius 3 is 2.48 bits per heavy atom. The lowest BCUT2D eigenvalue weighted by Crippen LogP contribution is -2.45. The van der Waals surface area contributed by atoms with E-state index >= 15 is 0 Å². The average molecular weight is 472 g/mol. The molecule has 1 unspecified atom stereocenters. The zero-order valence-electron chi connectivity index (χ0n) is 15.8. The van der Waals surface area contributed by atoms with E-state index in [1.54, 1.807) is 37.3 Å². The number of sulfonamides is 1. The number of aromatic nitrogens is 1. The molecule has 2 N–H and O–H groups in total. The molecule has 1 fully saturated rings. The fraction of sp³-hybridized carbons (Fsp3) is 0.263. The molecule has 1 aliphatic carbocycles. The van der Waals surface area contributed by atoms with Gasteiger partial charge in [0.25, 0.3) is 10.0 Å². The minimum absolute atomic E-state index is 0.108. The van der Waals surface area contributed by atoms with Gasteiger partial charge in [0.2, 0.25) is 0 Å². The van der Waals surface area contributed by atoms with Crippen molar-refractivity contribution in [3.8, 4) is 10.6 Å². The van der Waals surface area contributed by atoms with Crippen LogP contribution in [0.3, 0.4) is 0 Å². The number of carboxylic acid groups (broad SMARTS) is 1. The van der Waals surface area contributed by atoms with Gasteiger partial charge in [-0.25, -0.2) is 8.42 Å². The number of nitrogens with zero attached hydrogens (tertiary/aromatic N) is 1. The van der Waals surface area contributed by atoms with Gasteiger partial charge in [-0.15, -0.1) is 11.3 Å². The highest BCUT2D eigenvalue weighted by Crippen LogP contribution is 2.58. The molecule has 164 valence electrons. The smallest absolute Gasteiger partial charge is 0.436 e. The molecule has 0 aliphatic heterocycles. The number of halogens is 3. The second-order valence-electron chi connectivity index (χ2n) is 7.15. The van der Waals surface area contributed by atoms with Crippen LogP contribution in [0.4, 0.5) is 13.2 Å². The van der Waals surface area contributed by atoms with Crippen LogP contribution in [0.5, 0.6) is 0 Å². The summed E-state index contributed by atoms with van der Waals surface area (Å²) in [6.45, 7) is 1.64. The Balaban J connectivity index is 1.62. The second kappa shape index (κ2) is 7.18. The summed E-state index contributed by atoms with van der Waals surface area (Å²) in [6.07, 6.45) is -4.70. The Morgan fingerprint density at radius 1 is 1.23 bits per heavy atom. The van der Waals surface area contributed by atoms with Crippen molar-refractivity contribution in [3.63, 3.8) is 0 Å². The monoisotopic (exact) mass is 472 g/mol. The highest BCUT2D eigenvalue weighted by Gasteiger charge is 2.70. The first-order valence-corrected chi connectivity index (χ1v) is 11.2. The van der Waals surface area contributed by atoms with E-state index in [9.17, 15) is 31.5 Å². The van der Waals surface area contributed by atoms with Gasteiger partial charge in [-0.3, -0.25) is 4.79 Å². The molecule has 3 atom stereocenters. The number of alkyl halides is 3. The molecular weight excluding hydrogens is 457 g/mol. The van der Waals surface area contributed by atoms with Gasteiger partial charge in [-0.05, 0) is 23.6 Å². The molecule has 0 radical (unpaired) electrons. The van der Waals surface area contributed by atoms with Gasteiger partial charge in [0.1, 0.15) is 9.75 Å². The van der Waals surface area contributed by atoms with Crippen LogP contribution in [0.2, 0.25) is 0 Å². The van der Waals surface area contributed by atoms with E-state index in [0.29, 0.717) is 23.0 Å². The van der Waals surface area contributed by atoms with Crippen molar-refractivity contribution < 1.29 is 36.0 Å². The van der Waals surface area contributed by atoms with Crippen LogP contribution in [0, 0.1) is 5.92 Å². The summed E-state index contributed by atoms with van der Waals surface area (Å²) >= 11 is 0.651. The molecule has 2 heterocycles. The molecule has 0 spiro atoms. The molecule has 1 aliphatic rings. The van der Waals surface area contributed by atoms with Crippen LogP contribution >= 0.6 is 11.3 Å². The quantitative estimate of drug-likeness (QED) is 0.562. The molecular formula is C19H15F3N2O5S2. The normalized spacial score (nSPS) is 23.6. The Morgan fingerprint density at radius 2 is 1.90 bits per heavy atom. The molecule has 3 aromatic rings. The largest absolute Gasteiger partial charge is 0.480 e.